The molecule has 0 aliphatic carbocycles. The second-order valence-electron chi connectivity index (χ2n) is 6.60. The molecule has 170 valence electrons. The van der Waals surface area contributed by atoms with Crippen molar-refractivity contribution in [2.75, 3.05) is 0 Å². The van der Waals surface area contributed by atoms with E-state index in [-0.39, 0.29) is 0 Å². The standard InChI is InChI=1S/C26H18Cl2N2.2BrH.Ni/c27-21-15-7-9-17-23(21)29-25(19-11-3-1-4-12-19)26(20-13-5-2-6-14-20)30-24-18-10-8-16-22(24)28;;;/h1-18H;2*1H;/q;;;+2/p-2. The fourth-order valence-corrected chi connectivity index (χ4v) is 3.38. The normalized spacial score (nSPS) is 11.6. The molecule has 0 fully saturated rings. The first-order valence-corrected chi connectivity index (χ1v) is 15.4. The van der Waals surface area contributed by atoms with E-state index < -0.39 is 0 Å². The Labute approximate surface area is 224 Å². The van der Waals surface area contributed by atoms with E-state index >= 15 is 0 Å². The molecule has 4 rings (SSSR count). The second kappa shape index (κ2) is 13.8. The van der Waals surface area contributed by atoms with Crippen LogP contribution in [0.25, 0.3) is 0 Å². The summed E-state index contributed by atoms with van der Waals surface area (Å²) in [6, 6.07) is 35.0. The molecular weight excluding hydrogens is 630 g/mol. The van der Waals surface area contributed by atoms with Crippen molar-refractivity contribution in [1.82, 2.24) is 0 Å². The van der Waals surface area contributed by atoms with Gasteiger partial charge in [0.2, 0.25) is 0 Å². The maximum absolute atomic E-state index is 6.42. The van der Waals surface area contributed by atoms with Crippen molar-refractivity contribution >= 4 is 74.5 Å². The molecule has 0 unspecified atom stereocenters. The number of nitrogens with zero attached hydrogens (tertiary/aromatic N) is 2. The van der Waals surface area contributed by atoms with Gasteiger partial charge in [-0.1, -0.05) is 108 Å². The van der Waals surface area contributed by atoms with Crippen LogP contribution in [0.1, 0.15) is 11.1 Å². The third kappa shape index (κ3) is 7.63. The number of benzene rings is 4. The number of hydrogen-bond acceptors (Lipinski definition) is 2. The average Bonchev–Trinajstić information content (AvgIpc) is 2.85. The van der Waals surface area contributed by atoms with E-state index in [1.807, 2.05) is 109 Å². The van der Waals surface area contributed by atoms with E-state index in [4.69, 9.17) is 33.2 Å². The van der Waals surface area contributed by atoms with Crippen molar-refractivity contribution in [3.05, 3.63) is 130 Å². The van der Waals surface area contributed by atoms with Gasteiger partial charge in [-0.3, -0.25) is 0 Å². The predicted molar refractivity (Wildman–Crippen MR) is 146 cm³/mol. The first-order chi connectivity index (χ1) is 16.1. The summed E-state index contributed by atoms with van der Waals surface area (Å²) >= 11 is 18.8. The molecule has 0 aliphatic heterocycles. The average molecular weight is 648 g/mol. The Morgan fingerprint density at radius 1 is 0.515 bits per heavy atom. The van der Waals surface area contributed by atoms with Crippen LogP contribution in [0.2, 0.25) is 10.0 Å². The van der Waals surface area contributed by atoms with Crippen LogP contribution in [-0.4, -0.2) is 11.4 Å². The number of halogens is 4. The number of rotatable bonds is 5. The summed E-state index contributed by atoms with van der Waals surface area (Å²) in [5, 5.41) is 1.16. The SMILES string of the molecule is Clc1ccccc1N=C(C(=Nc1ccccc1Cl)c1ccccc1)c1ccccc1.[Br][Ni][Br]. The second-order valence-corrected chi connectivity index (χ2v) is 12.4. The van der Waals surface area contributed by atoms with Crippen LogP contribution in [0.4, 0.5) is 11.4 Å². The van der Waals surface area contributed by atoms with E-state index in [2.05, 4.69) is 28.5 Å². The third-order valence-corrected chi connectivity index (χ3v) is 5.13. The quantitative estimate of drug-likeness (QED) is 0.152. The molecule has 0 saturated heterocycles. The van der Waals surface area contributed by atoms with E-state index in [1.54, 1.807) is 0 Å². The molecule has 0 spiro atoms. The number of hydrogen-bond donors (Lipinski definition) is 0. The molecule has 0 atom stereocenters. The maximum atomic E-state index is 6.42. The van der Waals surface area contributed by atoms with Gasteiger partial charge in [0.1, 0.15) is 0 Å². The van der Waals surface area contributed by atoms with Gasteiger partial charge in [0.25, 0.3) is 0 Å². The van der Waals surface area contributed by atoms with E-state index in [1.165, 1.54) is 10.9 Å². The fourth-order valence-electron chi connectivity index (χ4n) is 3.03. The van der Waals surface area contributed by atoms with Gasteiger partial charge in [-0.15, -0.1) is 0 Å². The molecule has 4 aromatic rings. The summed E-state index contributed by atoms with van der Waals surface area (Å²) in [5.41, 5.74) is 4.67. The topological polar surface area (TPSA) is 24.7 Å². The Hall–Kier alpha value is -1.75. The molecular formula is C26H18Br2Cl2N2Ni. The molecule has 4 aromatic carbocycles. The zero-order valence-electron chi connectivity index (χ0n) is 17.1. The van der Waals surface area contributed by atoms with E-state index in [0.717, 1.165) is 22.6 Å². The third-order valence-electron chi connectivity index (χ3n) is 4.49. The van der Waals surface area contributed by atoms with Crippen LogP contribution in [0.15, 0.2) is 119 Å². The van der Waals surface area contributed by atoms with Crippen LogP contribution in [0.5, 0.6) is 0 Å². The number of para-hydroxylation sites is 2. The van der Waals surface area contributed by atoms with Gasteiger partial charge in [0.15, 0.2) is 0 Å². The van der Waals surface area contributed by atoms with Gasteiger partial charge in [-0.25, -0.2) is 9.98 Å². The minimum absolute atomic E-state index is 0.580. The molecule has 0 bridgehead atoms. The summed E-state index contributed by atoms with van der Waals surface area (Å²) in [5.74, 6) is 0. The van der Waals surface area contributed by atoms with Gasteiger partial charge in [-0.2, -0.15) is 0 Å². The Bertz CT molecular complexity index is 1140. The van der Waals surface area contributed by atoms with Crippen molar-refractivity contribution in [1.29, 1.82) is 0 Å². The van der Waals surface area contributed by atoms with Gasteiger partial charge in [0.05, 0.1) is 32.8 Å². The summed E-state index contributed by atoms with van der Waals surface area (Å²) in [7, 11) is 1.25. The van der Waals surface area contributed by atoms with Crippen molar-refractivity contribution in [3.63, 3.8) is 0 Å². The van der Waals surface area contributed by atoms with Crippen molar-refractivity contribution < 1.29 is 10.9 Å². The van der Waals surface area contributed by atoms with E-state index in [9.17, 15) is 0 Å². The van der Waals surface area contributed by atoms with Crippen LogP contribution in [-0.2, 0) is 10.9 Å². The van der Waals surface area contributed by atoms with Gasteiger partial charge < -0.3 is 0 Å². The summed E-state index contributed by atoms with van der Waals surface area (Å²) in [6.45, 7) is 0. The Kier molecular flexibility index (Phi) is 10.8. The Balaban J connectivity index is 0.000000968. The van der Waals surface area contributed by atoms with Crippen molar-refractivity contribution in [3.8, 4) is 0 Å². The minimum atomic E-state index is 0.580. The summed E-state index contributed by atoms with van der Waals surface area (Å²) in [6.07, 6.45) is 0. The van der Waals surface area contributed by atoms with Gasteiger partial charge in [-0.05, 0) is 24.3 Å². The molecule has 0 saturated carbocycles. The molecule has 0 radical (unpaired) electrons. The Morgan fingerprint density at radius 3 is 1.15 bits per heavy atom. The zero-order valence-corrected chi connectivity index (χ0v) is 22.8. The van der Waals surface area contributed by atoms with Gasteiger partial charge in [0, 0.05) is 11.1 Å². The van der Waals surface area contributed by atoms with Crippen LogP contribution in [0, 0.1) is 0 Å². The molecule has 0 heterocycles. The molecule has 0 N–H and O–H groups in total. The molecule has 0 aliphatic rings. The monoisotopic (exact) mass is 644 g/mol. The molecule has 0 aromatic heterocycles. The Morgan fingerprint density at radius 2 is 0.818 bits per heavy atom. The van der Waals surface area contributed by atoms with Crippen LogP contribution >= 0.6 is 51.7 Å². The number of aliphatic imine (C=N–C) groups is 2. The van der Waals surface area contributed by atoms with Crippen molar-refractivity contribution in [2.45, 2.75) is 0 Å². The first kappa shape index (κ1) is 25.9. The molecule has 2 nitrogen and oxygen atoms in total. The summed E-state index contributed by atoms with van der Waals surface area (Å²) < 4.78 is 0. The molecule has 7 heteroatoms. The van der Waals surface area contributed by atoms with Crippen LogP contribution < -0.4 is 0 Å². The molecule has 0 amide bonds. The first-order valence-electron chi connectivity index (χ1n) is 9.74. The predicted octanol–water partition coefficient (Wildman–Crippen LogP) is 9.62. The summed E-state index contributed by atoms with van der Waals surface area (Å²) in [4.78, 5) is 9.88. The van der Waals surface area contributed by atoms with Gasteiger partial charge >= 0.3 is 39.3 Å². The molecule has 33 heavy (non-hydrogen) atoms. The van der Waals surface area contributed by atoms with Crippen LogP contribution in [0.3, 0.4) is 0 Å². The van der Waals surface area contributed by atoms with E-state index in [0.29, 0.717) is 21.4 Å². The fraction of sp³-hybridized carbons (Fsp3) is 0. The zero-order chi connectivity index (χ0) is 23.5. The van der Waals surface area contributed by atoms with Crippen molar-refractivity contribution in [2.24, 2.45) is 9.98 Å².